The highest BCUT2D eigenvalue weighted by Gasteiger charge is 2.09. The van der Waals surface area contributed by atoms with Crippen LogP contribution in [-0.2, 0) is 5.75 Å². The van der Waals surface area contributed by atoms with E-state index in [1.54, 1.807) is 6.07 Å². The van der Waals surface area contributed by atoms with Crippen molar-refractivity contribution in [3.63, 3.8) is 0 Å². The van der Waals surface area contributed by atoms with E-state index in [0.29, 0.717) is 28.2 Å². The third-order valence-corrected chi connectivity index (χ3v) is 4.04. The van der Waals surface area contributed by atoms with E-state index in [9.17, 15) is 0 Å². The van der Waals surface area contributed by atoms with Gasteiger partial charge in [-0.15, -0.1) is 11.8 Å². The fourth-order valence-corrected chi connectivity index (χ4v) is 2.23. The minimum Gasteiger partial charge on any atom is -0.338 e. The first-order valence-corrected chi connectivity index (χ1v) is 7.26. The van der Waals surface area contributed by atoms with Crippen molar-refractivity contribution in [1.29, 1.82) is 5.26 Å². The van der Waals surface area contributed by atoms with Crippen LogP contribution in [0, 0.1) is 11.3 Å². The van der Waals surface area contributed by atoms with E-state index < -0.39 is 0 Å². The molecule has 0 aliphatic carbocycles. The lowest BCUT2D eigenvalue weighted by Crippen LogP contribution is -1.84. The molecule has 0 amide bonds. The van der Waals surface area contributed by atoms with Crippen molar-refractivity contribution in [2.45, 2.75) is 5.75 Å². The molecular formula is C11H7BrClN3OS. The van der Waals surface area contributed by atoms with Gasteiger partial charge in [0.25, 0.3) is 0 Å². The van der Waals surface area contributed by atoms with Gasteiger partial charge >= 0.3 is 0 Å². The molecule has 0 fully saturated rings. The molecule has 0 radical (unpaired) electrons. The Kier molecular flexibility index (Phi) is 4.64. The van der Waals surface area contributed by atoms with Gasteiger partial charge in [-0.1, -0.05) is 16.8 Å². The van der Waals surface area contributed by atoms with Crippen LogP contribution in [0.15, 0.2) is 27.2 Å². The molecule has 1 aromatic heterocycles. The van der Waals surface area contributed by atoms with Crippen LogP contribution in [0.4, 0.5) is 0 Å². The maximum absolute atomic E-state index is 8.43. The highest BCUT2D eigenvalue weighted by molar-refractivity contribution is 9.10. The van der Waals surface area contributed by atoms with Gasteiger partial charge in [0.15, 0.2) is 0 Å². The molecule has 0 aliphatic rings. The van der Waals surface area contributed by atoms with Gasteiger partial charge in [0.05, 0.1) is 22.6 Å². The monoisotopic (exact) mass is 343 g/mol. The smallest absolute Gasteiger partial charge is 0.236 e. The molecule has 0 unspecified atom stereocenters. The number of thioether (sulfide) groups is 1. The van der Waals surface area contributed by atoms with E-state index in [0.717, 1.165) is 10.0 Å². The molecule has 2 aromatic rings. The summed E-state index contributed by atoms with van der Waals surface area (Å²) < 4.78 is 5.88. The van der Waals surface area contributed by atoms with Crippen LogP contribution in [0.5, 0.6) is 0 Å². The zero-order valence-electron chi connectivity index (χ0n) is 9.06. The van der Waals surface area contributed by atoms with E-state index in [1.807, 2.05) is 18.2 Å². The summed E-state index contributed by atoms with van der Waals surface area (Å²) in [6, 6.07) is 7.46. The van der Waals surface area contributed by atoms with E-state index in [4.69, 9.17) is 21.4 Å². The van der Waals surface area contributed by atoms with E-state index in [1.165, 1.54) is 11.8 Å². The average Bonchev–Trinajstić information content (AvgIpc) is 2.82. The number of hydrogen-bond donors (Lipinski definition) is 0. The summed E-state index contributed by atoms with van der Waals surface area (Å²) in [5, 5.41) is 13.0. The van der Waals surface area contributed by atoms with Crippen molar-refractivity contribution in [3.8, 4) is 17.5 Å². The predicted octanol–water partition coefficient (Wildman–Crippen LogP) is 3.91. The number of halogens is 2. The molecule has 0 N–H and O–H groups in total. The zero-order valence-corrected chi connectivity index (χ0v) is 12.2. The standard InChI is InChI=1S/C11H7BrClN3OS/c12-8-5-7(1-2-9(8)13)11-15-10(17-16-11)6-18-4-3-14/h1-2,5H,4,6H2. The van der Waals surface area contributed by atoms with Crippen molar-refractivity contribution in [1.82, 2.24) is 10.1 Å². The van der Waals surface area contributed by atoms with Crippen LogP contribution in [0.25, 0.3) is 11.4 Å². The van der Waals surface area contributed by atoms with Gasteiger partial charge in [-0.05, 0) is 34.1 Å². The van der Waals surface area contributed by atoms with Gasteiger partial charge in [0.2, 0.25) is 11.7 Å². The van der Waals surface area contributed by atoms with E-state index in [-0.39, 0.29) is 0 Å². The molecule has 0 saturated heterocycles. The predicted molar refractivity (Wildman–Crippen MR) is 74.2 cm³/mol. The lowest BCUT2D eigenvalue weighted by atomic mass is 10.2. The number of nitrogens with zero attached hydrogens (tertiary/aromatic N) is 3. The van der Waals surface area contributed by atoms with Gasteiger partial charge in [0.1, 0.15) is 0 Å². The number of nitriles is 1. The topological polar surface area (TPSA) is 62.7 Å². The number of aromatic nitrogens is 2. The van der Waals surface area contributed by atoms with Crippen LogP contribution in [0.2, 0.25) is 5.02 Å². The Morgan fingerprint density at radius 2 is 2.33 bits per heavy atom. The molecule has 7 heteroatoms. The third kappa shape index (κ3) is 3.25. The summed E-state index contributed by atoms with van der Waals surface area (Å²) >= 11 is 10.7. The second-order valence-electron chi connectivity index (χ2n) is 3.29. The SMILES string of the molecule is N#CCSCc1nc(-c2ccc(Cl)c(Br)c2)no1. The molecular weight excluding hydrogens is 338 g/mol. The maximum atomic E-state index is 8.43. The van der Waals surface area contributed by atoms with Crippen molar-refractivity contribution >= 4 is 39.3 Å². The van der Waals surface area contributed by atoms with Crippen molar-refractivity contribution < 1.29 is 4.52 Å². The van der Waals surface area contributed by atoms with Crippen LogP contribution in [-0.4, -0.2) is 15.9 Å². The van der Waals surface area contributed by atoms with Gasteiger partial charge < -0.3 is 4.52 Å². The van der Waals surface area contributed by atoms with Gasteiger partial charge in [-0.25, -0.2) is 0 Å². The van der Waals surface area contributed by atoms with Gasteiger partial charge in [-0.2, -0.15) is 10.2 Å². The molecule has 4 nitrogen and oxygen atoms in total. The summed E-state index contributed by atoms with van der Waals surface area (Å²) in [5.41, 5.74) is 0.826. The third-order valence-electron chi connectivity index (χ3n) is 2.04. The van der Waals surface area contributed by atoms with E-state index in [2.05, 4.69) is 26.1 Å². The van der Waals surface area contributed by atoms with Gasteiger partial charge in [0, 0.05) is 10.0 Å². The molecule has 18 heavy (non-hydrogen) atoms. The molecule has 0 saturated carbocycles. The summed E-state index contributed by atoms with van der Waals surface area (Å²) in [6.45, 7) is 0. The zero-order chi connectivity index (χ0) is 13.0. The largest absolute Gasteiger partial charge is 0.338 e. The number of rotatable bonds is 4. The van der Waals surface area contributed by atoms with Crippen LogP contribution >= 0.6 is 39.3 Å². The quantitative estimate of drug-likeness (QED) is 0.787. The molecule has 1 heterocycles. The maximum Gasteiger partial charge on any atom is 0.236 e. The molecule has 0 spiro atoms. The Labute approximate surface area is 121 Å². The Morgan fingerprint density at radius 3 is 3.06 bits per heavy atom. The van der Waals surface area contributed by atoms with Crippen LogP contribution < -0.4 is 0 Å². The van der Waals surface area contributed by atoms with Crippen LogP contribution in [0.3, 0.4) is 0 Å². The van der Waals surface area contributed by atoms with E-state index >= 15 is 0 Å². The van der Waals surface area contributed by atoms with Gasteiger partial charge in [-0.3, -0.25) is 0 Å². The highest BCUT2D eigenvalue weighted by Crippen LogP contribution is 2.27. The van der Waals surface area contributed by atoms with Crippen molar-refractivity contribution in [2.24, 2.45) is 0 Å². The first-order chi connectivity index (χ1) is 8.70. The molecule has 0 bridgehead atoms. The number of hydrogen-bond acceptors (Lipinski definition) is 5. The van der Waals surface area contributed by atoms with Crippen molar-refractivity contribution in [2.75, 3.05) is 5.75 Å². The minimum absolute atomic E-state index is 0.407. The fourth-order valence-electron chi connectivity index (χ4n) is 1.25. The molecule has 1 aromatic carbocycles. The lowest BCUT2D eigenvalue weighted by Gasteiger charge is -1.97. The Hall–Kier alpha value is -1.03. The summed E-state index contributed by atoms with van der Waals surface area (Å²) in [5.74, 6) is 1.97. The Balaban J connectivity index is 2.14. The highest BCUT2D eigenvalue weighted by atomic mass is 79.9. The lowest BCUT2D eigenvalue weighted by molar-refractivity contribution is 0.392. The average molecular weight is 345 g/mol. The molecule has 0 aliphatic heterocycles. The Bertz CT molecular complexity index is 596. The molecule has 92 valence electrons. The number of benzene rings is 1. The fraction of sp³-hybridized carbons (Fsp3) is 0.182. The van der Waals surface area contributed by atoms with Crippen molar-refractivity contribution in [3.05, 3.63) is 33.6 Å². The first kappa shape index (κ1) is 13.4. The molecule has 0 atom stereocenters. The first-order valence-electron chi connectivity index (χ1n) is 4.93. The Morgan fingerprint density at radius 1 is 1.50 bits per heavy atom. The summed E-state index contributed by atoms with van der Waals surface area (Å²) in [4.78, 5) is 4.25. The van der Waals surface area contributed by atoms with Crippen LogP contribution in [0.1, 0.15) is 5.89 Å². The molecule has 2 rings (SSSR count). The summed E-state index contributed by atoms with van der Waals surface area (Å²) in [7, 11) is 0. The normalized spacial score (nSPS) is 10.3. The summed E-state index contributed by atoms with van der Waals surface area (Å²) in [6.07, 6.45) is 0. The second kappa shape index (κ2) is 6.23. The minimum atomic E-state index is 0.407. The second-order valence-corrected chi connectivity index (χ2v) is 5.54.